The predicted octanol–water partition coefficient (Wildman–Crippen LogP) is 0.629. The Labute approximate surface area is 113 Å². The summed E-state index contributed by atoms with van der Waals surface area (Å²) in [5.74, 6) is 0. The van der Waals surface area contributed by atoms with Crippen LogP contribution in [0.4, 0.5) is 5.13 Å². The largest absolute Gasteiger partial charge is 0.385 e. The number of piperazine rings is 1. The molecule has 0 amide bonds. The molecule has 2 heterocycles. The summed E-state index contributed by atoms with van der Waals surface area (Å²) in [5.41, 5.74) is 6.07. The van der Waals surface area contributed by atoms with Gasteiger partial charge < -0.3 is 15.4 Å². The molecule has 0 saturated carbocycles. The number of anilines is 1. The van der Waals surface area contributed by atoms with E-state index < -0.39 is 0 Å². The van der Waals surface area contributed by atoms with Crippen LogP contribution in [0, 0.1) is 0 Å². The molecule has 5 nitrogen and oxygen atoms in total. The van der Waals surface area contributed by atoms with Gasteiger partial charge in [-0.1, -0.05) is 0 Å². The van der Waals surface area contributed by atoms with Crippen molar-refractivity contribution in [3.05, 3.63) is 11.6 Å². The maximum Gasteiger partial charge on any atom is 0.185 e. The summed E-state index contributed by atoms with van der Waals surface area (Å²) in [7, 11) is 1.72. The molecule has 1 unspecified atom stereocenters. The molecule has 18 heavy (non-hydrogen) atoms. The molecule has 0 aromatic carbocycles. The number of hydrogen-bond donors (Lipinski definition) is 1. The Kier molecular flexibility index (Phi) is 5.37. The van der Waals surface area contributed by atoms with Crippen molar-refractivity contribution >= 4 is 16.5 Å². The minimum atomic E-state index is 0.219. The van der Waals surface area contributed by atoms with E-state index in [4.69, 9.17) is 10.5 Å². The Morgan fingerprint density at radius 3 is 2.83 bits per heavy atom. The first-order valence-corrected chi connectivity index (χ1v) is 7.29. The highest BCUT2D eigenvalue weighted by Crippen LogP contribution is 2.18. The molecule has 1 fully saturated rings. The number of hydrogen-bond acceptors (Lipinski definition) is 6. The lowest BCUT2D eigenvalue weighted by Gasteiger charge is -2.35. The monoisotopic (exact) mass is 270 g/mol. The molecule has 1 atom stereocenters. The summed E-state index contributed by atoms with van der Waals surface area (Å²) in [6, 6.07) is 0.219. The van der Waals surface area contributed by atoms with E-state index in [2.05, 4.69) is 14.8 Å². The average Bonchev–Trinajstić information content (AvgIpc) is 2.91. The molecule has 102 valence electrons. The fourth-order valence-corrected chi connectivity index (χ4v) is 2.88. The topological polar surface area (TPSA) is 54.6 Å². The molecule has 1 aromatic heterocycles. The van der Waals surface area contributed by atoms with Crippen LogP contribution in [0.1, 0.15) is 6.42 Å². The highest BCUT2D eigenvalue weighted by molar-refractivity contribution is 7.13. The Morgan fingerprint density at radius 2 is 2.22 bits per heavy atom. The van der Waals surface area contributed by atoms with Crippen LogP contribution in [0.2, 0.25) is 0 Å². The Balaban J connectivity index is 1.70. The van der Waals surface area contributed by atoms with Gasteiger partial charge in [0.05, 0.1) is 0 Å². The summed E-state index contributed by atoms with van der Waals surface area (Å²) < 4.78 is 5.05. The molecule has 1 saturated heterocycles. The molecule has 2 rings (SSSR count). The highest BCUT2D eigenvalue weighted by atomic mass is 32.1. The zero-order valence-electron chi connectivity index (χ0n) is 10.9. The first-order valence-electron chi connectivity index (χ1n) is 6.41. The van der Waals surface area contributed by atoms with Gasteiger partial charge in [0.2, 0.25) is 0 Å². The van der Waals surface area contributed by atoms with Gasteiger partial charge in [-0.25, -0.2) is 4.98 Å². The summed E-state index contributed by atoms with van der Waals surface area (Å²) >= 11 is 1.71. The van der Waals surface area contributed by atoms with E-state index in [0.29, 0.717) is 0 Å². The minimum Gasteiger partial charge on any atom is -0.385 e. The SMILES string of the molecule is COCCC(N)CN1CCN(c2nccs2)CC1. The molecule has 1 aromatic rings. The second kappa shape index (κ2) is 7.04. The predicted molar refractivity (Wildman–Crippen MR) is 75.2 cm³/mol. The number of rotatable bonds is 6. The van der Waals surface area contributed by atoms with Gasteiger partial charge in [0.25, 0.3) is 0 Å². The first kappa shape index (κ1) is 13.7. The molecule has 1 aliphatic rings. The average molecular weight is 270 g/mol. The molecule has 0 bridgehead atoms. The van der Waals surface area contributed by atoms with Crippen LogP contribution in [0.15, 0.2) is 11.6 Å². The second-order valence-corrected chi connectivity index (χ2v) is 5.52. The normalized spacial score (nSPS) is 19.1. The summed E-state index contributed by atoms with van der Waals surface area (Å²) in [5, 5.41) is 3.17. The third kappa shape index (κ3) is 3.91. The lowest BCUT2D eigenvalue weighted by Crippen LogP contribution is -2.50. The van der Waals surface area contributed by atoms with Crippen molar-refractivity contribution in [2.24, 2.45) is 5.73 Å². The van der Waals surface area contributed by atoms with E-state index in [9.17, 15) is 0 Å². The standard InChI is InChI=1S/C12H22N4OS/c1-17-8-2-11(13)10-15-4-6-16(7-5-15)12-14-3-9-18-12/h3,9,11H,2,4-8,10,13H2,1H3. The molecule has 1 aliphatic heterocycles. The van der Waals surface area contributed by atoms with Gasteiger partial charge >= 0.3 is 0 Å². The molecular formula is C12H22N4OS. The summed E-state index contributed by atoms with van der Waals surface area (Å²) in [6.07, 6.45) is 2.80. The Hall–Kier alpha value is -0.690. The molecule has 0 spiro atoms. The lowest BCUT2D eigenvalue weighted by molar-refractivity contribution is 0.172. The Bertz CT molecular complexity index is 325. The zero-order chi connectivity index (χ0) is 12.8. The van der Waals surface area contributed by atoms with Crippen molar-refractivity contribution in [2.45, 2.75) is 12.5 Å². The maximum absolute atomic E-state index is 6.07. The molecular weight excluding hydrogens is 248 g/mol. The zero-order valence-corrected chi connectivity index (χ0v) is 11.7. The van der Waals surface area contributed by atoms with Crippen LogP contribution in [-0.4, -0.2) is 62.4 Å². The lowest BCUT2D eigenvalue weighted by atomic mass is 10.2. The van der Waals surface area contributed by atoms with Gasteiger partial charge in [-0.05, 0) is 6.42 Å². The third-order valence-electron chi connectivity index (χ3n) is 3.25. The quantitative estimate of drug-likeness (QED) is 0.821. The number of aromatic nitrogens is 1. The van der Waals surface area contributed by atoms with Gasteiger partial charge in [0.15, 0.2) is 5.13 Å². The van der Waals surface area contributed by atoms with Crippen molar-refractivity contribution < 1.29 is 4.74 Å². The number of thiazole rings is 1. The van der Waals surface area contributed by atoms with Crippen LogP contribution in [0.3, 0.4) is 0 Å². The minimum absolute atomic E-state index is 0.219. The number of nitrogens with zero attached hydrogens (tertiary/aromatic N) is 3. The maximum atomic E-state index is 6.07. The van der Waals surface area contributed by atoms with Crippen molar-refractivity contribution in [2.75, 3.05) is 51.3 Å². The second-order valence-electron chi connectivity index (χ2n) is 4.64. The van der Waals surface area contributed by atoms with Crippen LogP contribution < -0.4 is 10.6 Å². The van der Waals surface area contributed by atoms with Gasteiger partial charge in [-0.3, -0.25) is 4.90 Å². The number of nitrogens with two attached hydrogens (primary N) is 1. The molecule has 0 radical (unpaired) electrons. The van der Waals surface area contributed by atoms with E-state index in [0.717, 1.165) is 50.9 Å². The van der Waals surface area contributed by atoms with Crippen molar-refractivity contribution in [1.82, 2.24) is 9.88 Å². The molecule has 2 N–H and O–H groups in total. The van der Waals surface area contributed by atoms with E-state index in [1.165, 1.54) is 0 Å². The Morgan fingerprint density at radius 1 is 1.44 bits per heavy atom. The fraction of sp³-hybridized carbons (Fsp3) is 0.750. The highest BCUT2D eigenvalue weighted by Gasteiger charge is 2.19. The fourth-order valence-electron chi connectivity index (χ4n) is 2.19. The van der Waals surface area contributed by atoms with E-state index in [1.54, 1.807) is 18.4 Å². The van der Waals surface area contributed by atoms with E-state index in [1.807, 2.05) is 11.6 Å². The molecule has 6 heteroatoms. The smallest absolute Gasteiger partial charge is 0.185 e. The van der Waals surface area contributed by atoms with E-state index in [-0.39, 0.29) is 6.04 Å². The third-order valence-corrected chi connectivity index (χ3v) is 4.08. The van der Waals surface area contributed by atoms with Crippen LogP contribution in [0.5, 0.6) is 0 Å². The van der Waals surface area contributed by atoms with E-state index >= 15 is 0 Å². The van der Waals surface area contributed by atoms with Crippen LogP contribution in [-0.2, 0) is 4.74 Å². The van der Waals surface area contributed by atoms with Crippen molar-refractivity contribution in [3.8, 4) is 0 Å². The van der Waals surface area contributed by atoms with Gasteiger partial charge in [0.1, 0.15) is 0 Å². The van der Waals surface area contributed by atoms with Gasteiger partial charge in [-0.2, -0.15) is 0 Å². The van der Waals surface area contributed by atoms with Crippen LogP contribution in [0.25, 0.3) is 0 Å². The molecule has 0 aliphatic carbocycles. The van der Waals surface area contributed by atoms with Gasteiger partial charge in [0, 0.05) is 64.1 Å². The number of ether oxygens (including phenoxy) is 1. The summed E-state index contributed by atoms with van der Waals surface area (Å²) in [6.45, 7) is 5.95. The first-order chi connectivity index (χ1) is 8.79. The van der Waals surface area contributed by atoms with Crippen molar-refractivity contribution in [3.63, 3.8) is 0 Å². The number of methoxy groups -OCH3 is 1. The summed E-state index contributed by atoms with van der Waals surface area (Å²) in [4.78, 5) is 9.14. The van der Waals surface area contributed by atoms with Gasteiger partial charge in [-0.15, -0.1) is 11.3 Å². The van der Waals surface area contributed by atoms with Crippen LogP contribution >= 0.6 is 11.3 Å². The van der Waals surface area contributed by atoms with Crippen molar-refractivity contribution in [1.29, 1.82) is 0 Å².